The van der Waals surface area contributed by atoms with Crippen LogP contribution in [0, 0.1) is 5.82 Å². The first-order valence-electron chi connectivity index (χ1n) is 11.4. The fourth-order valence-electron chi connectivity index (χ4n) is 3.80. The summed E-state index contributed by atoms with van der Waals surface area (Å²) in [5, 5.41) is 7.31. The Hall–Kier alpha value is -4.67. The molecule has 2 heterocycles. The number of nitrogens with one attached hydrogen (secondary N) is 1. The van der Waals surface area contributed by atoms with Crippen LogP contribution in [0.5, 0.6) is 17.2 Å². The summed E-state index contributed by atoms with van der Waals surface area (Å²) in [4.78, 5) is 29.5. The minimum Gasteiger partial charge on any atom is -0.493 e. The second-order valence-corrected chi connectivity index (χ2v) is 7.96. The van der Waals surface area contributed by atoms with Gasteiger partial charge in [0.1, 0.15) is 17.5 Å². The molecule has 11 heteroatoms. The van der Waals surface area contributed by atoms with Gasteiger partial charge in [-0.15, -0.1) is 0 Å². The molecule has 0 aliphatic carbocycles. The highest BCUT2D eigenvalue weighted by Gasteiger charge is 2.13. The molecule has 0 atom stereocenters. The number of nitrogens with zero attached hydrogens (tertiary/aromatic N) is 4. The van der Waals surface area contributed by atoms with Crippen molar-refractivity contribution < 1.29 is 23.4 Å². The van der Waals surface area contributed by atoms with Crippen LogP contribution in [0.3, 0.4) is 0 Å². The van der Waals surface area contributed by atoms with Crippen LogP contribution in [-0.4, -0.2) is 53.1 Å². The van der Waals surface area contributed by atoms with Gasteiger partial charge in [-0.05, 0) is 29.8 Å². The summed E-state index contributed by atoms with van der Waals surface area (Å²) < 4.78 is 32.8. The maximum Gasteiger partial charge on any atom is 0.264 e. The Kier molecular flexibility index (Phi) is 7.82. The Balaban J connectivity index is 1.39. The zero-order valence-electron chi connectivity index (χ0n) is 20.6. The first-order valence-corrected chi connectivity index (χ1v) is 11.4. The lowest BCUT2D eigenvalue weighted by Gasteiger charge is -2.12. The summed E-state index contributed by atoms with van der Waals surface area (Å²) in [5.74, 6) is 0.720. The Morgan fingerprint density at radius 1 is 1.11 bits per heavy atom. The highest BCUT2D eigenvalue weighted by atomic mass is 19.1. The van der Waals surface area contributed by atoms with Crippen molar-refractivity contribution in [1.82, 2.24) is 24.6 Å². The molecule has 0 saturated carbocycles. The summed E-state index contributed by atoms with van der Waals surface area (Å²) in [7, 11) is 4.55. The number of carbonyl (C=O) groups is 1. The number of hydrogen-bond donors (Lipinski definition) is 1. The second kappa shape index (κ2) is 11.4. The van der Waals surface area contributed by atoms with E-state index in [1.165, 1.54) is 55.2 Å². The Morgan fingerprint density at radius 2 is 1.84 bits per heavy atom. The molecule has 4 aromatic rings. The van der Waals surface area contributed by atoms with Crippen molar-refractivity contribution in [2.75, 3.05) is 27.9 Å². The standard InChI is InChI=1S/C26H26FN5O5/c1-35-21-12-17(13-22(36-2)24(21)37-3)8-9-23(33)28-10-11-32-25-19(14-30-32)26(34)31(16-29-25)15-18-6-4-5-7-20(18)27/h4-9,12-14,16H,10-11,15H2,1-3H3,(H,28,33). The monoisotopic (exact) mass is 507 g/mol. The molecule has 4 rings (SSSR count). The largest absolute Gasteiger partial charge is 0.493 e. The molecule has 0 unspecified atom stereocenters. The number of ether oxygens (including phenoxy) is 3. The number of hydrogen-bond acceptors (Lipinski definition) is 7. The zero-order valence-corrected chi connectivity index (χ0v) is 20.6. The van der Waals surface area contributed by atoms with E-state index in [0.717, 1.165) is 0 Å². The lowest BCUT2D eigenvalue weighted by atomic mass is 10.1. The van der Waals surface area contributed by atoms with Crippen LogP contribution in [0.4, 0.5) is 4.39 Å². The molecule has 0 radical (unpaired) electrons. The molecule has 0 bridgehead atoms. The Labute approximate surface area is 211 Å². The number of carbonyl (C=O) groups excluding carboxylic acids is 1. The molecule has 2 aromatic carbocycles. The second-order valence-electron chi connectivity index (χ2n) is 7.96. The van der Waals surface area contributed by atoms with Gasteiger partial charge in [-0.1, -0.05) is 18.2 Å². The summed E-state index contributed by atoms with van der Waals surface area (Å²) in [6.07, 6.45) is 5.81. The number of aromatic nitrogens is 4. The third-order valence-corrected chi connectivity index (χ3v) is 5.66. The van der Waals surface area contributed by atoms with Crippen molar-refractivity contribution in [3.05, 3.63) is 82.3 Å². The fourth-order valence-corrected chi connectivity index (χ4v) is 3.80. The molecule has 1 amide bonds. The molecule has 0 aliphatic heterocycles. The van der Waals surface area contributed by atoms with E-state index in [9.17, 15) is 14.0 Å². The maximum absolute atomic E-state index is 14.0. The highest BCUT2D eigenvalue weighted by molar-refractivity contribution is 5.91. The van der Waals surface area contributed by atoms with Crippen molar-refractivity contribution >= 4 is 23.0 Å². The predicted molar refractivity (Wildman–Crippen MR) is 135 cm³/mol. The molecule has 1 N–H and O–H groups in total. The quantitative estimate of drug-likeness (QED) is 0.329. The number of benzene rings is 2. The lowest BCUT2D eigenvalue weighted by Crippen LogP contribution is -2.26. The topological polar surface area (TPSA) is 110 Å². The summed E-state index contributed by atoms with van der Waals surface area (Å²) in [5.41, 5.74) is 1.15. The minimum atomic E-state index is -0.389. The number of rotatable bonds is 10. The van der Waals surface area contributed by atoms with E-state index in [0.29, 0.717) is 46.0 Å². The van der Waals surface area contributed by atoms with Gasteiger partial charge < -0.3 is 19.5 Å². The van der Waals surface area contributed by atoms with E-state index in [1.54, 1.807) is 36.4 Å². The van der Waals surface area contributed by atoms with E-state index < -0.39 is 0 Å². The van der Waals surface area contributed by atoms with Gasteiger partial charge >= 0.3 is 0 Å². The third-order valence-electron chi connectivity index (χ3n) is 5.66. The number of fused-ring (bicyclic) bond motifs is 1. The Morgan fingerprint density at radius 3 is 2.51 bits per heavy atom. The van der Waals surface area contributed by atoms with Gasteiger partial charge in [0.25, 0.3) is 5.56 Å². The minimum absolute atomic E-state index is 0.0635. The molecule has 37 heavy (non-hydrogen) atoms. The van der Waals surface area contributed by atoms with Crippen LogP contribution >= 0.6 is 0 Å². The third kappa shape index (κ3) is 5.61. The van der Waals surface area contributed by atoms with Crippen molar-refractivity contribution in [2.24, 2.45) is 0 Å². The van der Waals surface area contributed by atoms with Gasteiger partial charge in [0, 0.05) is 18.2 Å². The van der Waals surface area contributed by atoms with E-state index >= 15 is 0 Å². The first kappa shape index (κ1) is 25.4. The average Bonchev–Trinajstić information content (AvgIpc) is 3.33. The molecule has 0 fully saturated rings. The van der Waals surface area contributed by atoms with Crippen molar-refractivity contribution in [3.63, 3.8) is 0 Å². The summed E-state index contributed by atoms with van der Waals surface area (Å²) >= 11 is 0. The molecule has 0 spiro atoms. The maximum atomic E-state index is 14.0. The van der Waals surface area contributed by atoms with Crippen LogP contribution in [0.15, 0.2) is 59.8 Å². The molecule has 0 saturated heterocycles. The van der Waals surface area contributed by atoms with Gasteiger partial charge in [-0.2, -0.15) is 5.10 Å². The van der Waals surface area contributed by atoms with Crippen LogP contribution in [0.25, 0.3) is 17.1 Å². The van der Waals surface area contributed by atoms with Crippen molar-refractivity contribution in [1.29, 1.82) is 0 Å². The van der Waals surface area contributed by atoms with E-state index in [2.05, 4.69) is 15.4 Å². The number of methoxy groups -OCH3 is 3. The van der Waals surface area contributed by atoms with Crippen LogP contribution in [0.1, 0.15) is 11.1 Å². The molecule has 2 aromatic heterocycles. The normalized spacial score (nSPS) is 11.1. The van der Waals surface area contributed by atoms with Crippen molar-refractivity contribution in [2.45, 2.75) is 13.1 Å². The molecular weight excluding hydrogens is 481 g/mol. The van der Waals surface area contributed by atoms with Gasteiger partial charge in [0.2, 0.25) is 11.7 Å². The van der Waals surface area contributed by atoms with Crippen LogP contribution in [0.2, 0.25) is 0 Å². The Bertz CT molecular complexity index is 1490. The zero-order chi connectivity index (χ0) is 26.4. The molecular formula is C26H26FN5O5. The smallest absolute Gasteiger partial charge is 0.264 e. The number of halogens is 1. The molecule has 0 aliphatic rings. The van der Waals surface area contributed by atoms with E-state index in [-0.39, 0.29) is 30.4 Å². The van der Waals surface area contributed by atoms with E-state index in [4.69, 9.17) is 14.2 Å². The molecule has 10 nitrogen and oxygen atoms in total. The van der Waals surface area contributed by atoms with Crippen LogP contribution < -0.4 is 25.1 Å². The van der Waals surface area contributed by atoms with Gasteiger partial charge in [0.15, 0.2) is 17.1 Å². The average molecular weight is 508 g/mol. The SMILES string of the molecule is COc1cc(C=CC(=O)NCCn2ncc3c(=O)n(Cc4ccccc4F)cnc32)cc(OC)c1OC. The van der Waals surface area contributed by atoms with Gasteiger partial charge in [-0.25, -0.2) is 14.1 Å². The lowest BCUT2D eigenvalue weighted by molar-refractivity contribution is -0.116. The van der Waals surface area contributed by atoms with Gasteiger partial charge in [0.05, 0.1) is 40.6 Å². The highest BCUT2D eigenvalue weighted by Crippen LogP contribution is 2.38. The van der Waals surface area contributed by atoms with Gasteiger partial charge in [-0.3, -0.25) is 14.2 Å². The summed E-state index contributed by atoms with van der Waals surface area (Å²) in [6.45, 7) is 0.625. The van der Waals surface area contributed by atoms with Crippen molar-refractivity contribution in [3.8, 4) is 17.2 Å². The number of amides is 1. The van der Waals surface area contributed by atoms with Crippen LogP contribution in [-0.2, 0) is 17.9 Å². The predicted octanol–water partition coefficient (Wildman–Crippen LogP) is 2.64. The van der Waals surface area contributed by atoms with E-state index in [1.807, 2.05) is 0 Å². The first-order chi connectivity index (χ1) is 17.9. The molecule has 192 valence electrons. The summed E-state index contributed by atoms with van der Waals surface area (Å²) in [6, 6.07) is 9.72. The fraction of sp³-hybridized carbons (Fsp3) is 0.231.